The summed E-state index contributed by atoms with van der Waals surface area (Å²) in [5.74, 6) is -0.907. The minimum Gasteiger partial charge on any atom is -0.496 e. The molecule has 0 bridgehead atoms. The minimum atomic E-state index is -4.57. The maximum atomic E-state index is 13.5. The minimum absolute atomic E-state index is 0.0354. The third kappa shape index (κ3) is 4.72. The van der Waals surface area contributed by atoms with E-state index in [-0.39, 0.29) is 23.7 Å². The number of rotatable bonds is 7. The molecule has 26 heavy (non-hydrogen) atoms. The highest BCUT2D eigenvalue weighted by atomic mass is 19.4. The molecule has 1 unspecified atom stereocenters. The molecule has 0 spiro atoms. The summed E-state index contributed by atoms with van der Waals surface area (Å²) in [5, 5.41) is 2.82. The average Bonchev–Trinajstić information content (AvgIpc) is 2.64. The maximum Gasteiger partial charge on any atom is 0.420 e. The fourth-order valence-electron chi connectivity index (χ4n) is 2.55. The number of aromatic nitrogens is 1. The Kier molecular flexibility index (Phi) is 6.57. The predicted molar refractivity (Wildman–Crippen MR) is 88.7 cm³/mol. The van der Waals surface area contributed by atoms with E-state index in [4.69, 9.17) is 9.47 Å². The fraction of sp³-hybridized carbons (Fsp3) is 0.333. The van der Waals surface area contributed by atoms with Crippen LogP contribution in [0.25, 0.3) is 0 Å². The van der Waals surface area contributed by atoms with Gasteiger partial charge in [-0.3, -0.25) is 5.32 Å². The Morgan fingerprint density at radius 3 is 2.58 bits per heavy atom. The summed E-state index contributed by atoms with van der Waals surface area (Å²) in [4.78, 5) is 15.7. The first kappa shape index (κ1) is 19.7. The lowest BCUT2D eigenvalue weighted by molar-refractivity contribution is -0.139. The molecule has 0 aliphatic carbocycles. The first-order chi connectivity index (χ1) is 12.4. The molecule has 1 heterocycles. The number of pyridine rings is 1. The second kappa shape index (κ2) is 8.66. The predicted octanol–water partition coefficient (Wildman–Crippen LogP) is 3.96. The van der Waals surface area contributed by atoms with Crippen molar-refractivity contribution < 1.29 is 27.4 Å². The summed E-state index contributed by atoms with van der Waals surface area (Å²) >= 11 is 0. The third-order valence-corrected chi connectivity index (χ3v) is 3.75. The molecule has 140 valence electrons. The number of benzene rings is 1. The first-order valence-electron chi connectivity index (χ1n) is 7.94. The van der Waals surface area contributed by atoms with Crippen LogP contribution in [0.4, 0.5) is 13.2 Å². The highest BCUT2D eigenvalue weighted by Gasteiger charge is 2.38. The number of ether oxygens (including phenoxy) is 2. The van der Waals surface area contributed by atoms with Gasteiger partial charge < -0.3 is 9.47 Å². The van der Waals surface area contributed by atoms with E-state index in [9.17, 15) is 18.0 Å². The number of carbonyl (C=O) groups excluding carboxylic acids is 1. The molecule has 1 aromatic carbocycles. The standard InChI is InChI=1S/C18H19F3N2O3/c1-3-13(23-11-26-17(24)14-8-4-5-10-22-14)12-7-6-9-15(25-2)16(12)18(19,20)21/h4-10,13,23H,3,11H2,1-2H3. The van der Waals surface area contributed by atoms with Gasteiger partial charge in [-0.15, -0.1) is 0 Å². The number of esters is 1. The number of carbonyl (C=O) groups is 1. The van der Waals surface area contributed by atoms with Crippen molar-refractivity contribution in [1.82, 2.24) is 10.3 Å². The molecule has 5 nitrogen and oxygen atoms in total. The highest BCUT2D eigenvalue weighted by Crippen LogP contribution is 2.41. The van der Waals surface area contributed by atoms with Gasteiger partial charge in [0.05, 0.1) is 7.11 Å². The molecule has 1 N–H and O–H groups in total. The van der Waals surface area contributed by atoms with Crippen molar-refractivity contribution in [3.05, 3.63) is 59.4 Å². The van der Waals surface area contributed by atoms with Crippen LogP contribution >= 0.6 is 0 Å². The normalized spacial score (nSPS) is 12.5. The Balaban J connectivity index is 2.13. The maximum absolute atomic E-state index is 13.5. The quantitative estimate of drug-likeness (QED) is 0.592. The molecule has 8 heteroatoms. The van der Waals surface area contributed by atoms with E-state index in [0.717, 1.165) is 0 Å². The third-order valence-electron chi connectivity index (χ3n) is 3.75. The van der Waals surface area contributed by atoms with Crippen molar-refractivity contribution in [2.75, 3.05) is 13.8 Å². The van der Waals surface area contributed by atoms with Crippen molar-refractivity contribution in [3.8, 4) is 5.75 Å². The lowest BCUT2D eigenvalue weighted by atomic mass is 9.97. The van der Waals surface area contributed by atoms with Gasteiger partial charge in [-0.05, 0) is 30.2 Å². The van der Waals surface area contributed by atoms with Gasteiger partial charge in [-0.2, -0.15) is 13.2 Å². The second-order valence-electron chi connectivity index (χ2n) is 5.38. The SMILES string of the molecule is CCC(NCOC(=O)c1ccccn1)c1cccc(OC)c1C(F)(F)F. The molecule has 2 aromatic rings. The van der Waals surface area contributed by atoms with Gasteiger partial charge in [0.15, 0.2) is 0 Å². The molecule has 0 saturated heterocycles. The zero-order valence-electron chi connectivity index (χ0n) is 14.3. The van der Waals surface area contributed by atoms with Crippen LogP contribution in [0.1, 0.15) is 41.0 Å². The summed E-state index contributed by atoms with van der Waals surface area (Å²) in [6.45, 7) is 1.49. The van der Waals surface area contributed by atoms with E-state index < -0.39 is 23.8 Å². The molecule has 2 rings (SSSR count). The van der Waals surface area contributed by atoms with Gasteiger partial charge in [0.1, 0.15) is 23.7 Å². The van der Waals surface area contributed by atoms with E-state index in [0.29, 0.717) is 6.42 Å². The van der Waals surface area contributed by atoms with Gasteiger partial charge in [0.2, 0.25) is 0 Å². The summed E-state index contributed by atoms with van der Waals surface area (Å²) in [7, 11) is 1.19. The summed E-state index contributed by atoms with van der Waals surface area (Å²) in [6, 6.07) is 8.25. The molecule has 1 aromatic heterocycles. The molecule has 0 saturated carbocycles. The van der Waals surface area contributed by atoms with Crippen LogP contribution in [-0.4, -0.2) is 24.8 Å². The number of halogens is 3. The first-order valence-corrected chi connectivity index (χ1v) is 7.94. The topological polar surface area (TPSA) is 60.5 Å². The Bertz CT molecular complexity index is 736. The molecule has 0 aliphatic heterocycles. The zero-order valence-corrected chi connectivity index (χ0v) is 14.3. The smallest absolute Gasteiger partial charge is 0.420 e. The van der Waals surface area contributed by atoms with Crippen LogP contribution in [0.2, 0.25) is 0 Å². The second-order valence-corrected chi connectivity index (χ2v) is 5.38. The molecular weight excluding hydrogens is 349 g/mol. The van der Waals surface area contributed by atoms with Gasteiger partial charge in [-0.25, -0.2) is 9.78 Å². The van der Waals surface area contributed by atoms with Crippen LogP contribution in [0, 0.1) is 0 Å². The Morgan fingerprint density at radius 1 is 1.23 bits per heavy atom. The van der Waals surface area contributed by atoms with Gasteiger partial charge >= 0.3 is 12.1 Å². The average molecular weight is 368 g/mol. The molecule has 0 fully saturated rings. The lowest BCUT2D eigenvalue weighted by Gasteiger charge is -2.23. The monoisotopic (exact) mass is 368 g/mol. The van der Waals surface area contributed by atoms with Gasteiger partial charge in [0.25, 0.3) is 0 Å². The Morgan fingerprint density at radius 2 is 2.00 bits per heavy atom. The number of nitrogens with one attached hydrogen (secondary N) is 1. The lowest BCUT2D eigenvalue weighted by Crippen LogP contribution is -2.28. The number of hydrogen-bond acceptors (Lipinski definition) is 5. The van der Waals surface area contributed by atoms with E-state index >= 15 is 0 Å². The largest absolute Gasteiger partial charge is 0.496 e. The molecule has 1 atom stereocenters. The molecule has 0 radical (unpaired) electrons. The fourth-order valence-corrected chi connectivity index (χ4v) is 2.55. The van der Waals surface area contributed by atoms with Crippen molar-refractivity contribution in [3.63, 3.8) is 0 Å². The van der Waals surface area contributed by atoms with Crippen molar-refractivity contribution in [1.29, 1.82) is 0 Å². The zero-order chi connectivity index (χ0) is 19.2. The Hall–Kier alpha value is -2.61. The number of hydrogen-bond donors (Lipinski definition) is 1. The van der Waals surface area contributed by atoms with E-state index in [2.05, 4.69) is 10.3 Å². The molecular formula is C18H19F3N2O3. The summed E-state index contributed by atoms with van der Waals surface area (Å²) in [5.41, 5.74) is -0.675. The molecule has 0 aliphatic rings. The van der Waals surface area contributed by atoms with Crippen LogP contribution in [0.15, 0.2) is 42.6 Å². The highest BCUT2D eigenvalue weighted by molar-refractivity contribution is 5.87. The van der Waals surface area contributed by atoms with Crippen LogP contribution in [0.5, 0.6) is 5.75 Å². The van der Waals surface area contributed by atoms with Crippen molar-refractivity contribution >= 4 is 5.97 Å². The molecule has 0 amide bonds. The number of methoxy groups -OCH3 is 1. The van der Waals surface area contributed by atoms with Crippen molar-refractivity contribution in [2.45, 2.75) is 25.6 Å². The van der Waals surface area contributed by atoms with E-state index in [1.54, 1.807) is 19.1 Å². The summed E-state index contributed by atoms with van der Waals surface area (Å²) < 4.78 is 50.3. The number of nitrogens with zero attached hydrogens (tertiary/aromatic N) is 1. The van der Waals surface area contributed by atoms with E-state index in [1.165, 1.54) is 37.6 Å². The van der Waals surface area contributed by atoms with Crippen LogP contribution < -0.4 is 10.1 Å². The van der Waals surface area contributed by atoms with Gasteiger partial charge in [-0.1, -0.05) is 25.1 Å². The summed E-state index contributed by atoms with van der Waals surface area (Å²) in [6.07, 6.45) is -2.76. The number of alkyl halides is 3. The Labute approximate surface area is 149 Å². The van der Waals surface area contributed by atoms with Gasteiger partial charge in [0, 0.05) is 12.2 Å². The van der Waals surface area contributed by atoms with Crippen LogP contribution in [-0.2, 0) is 10.9 Å². The van der Waals surface area contributed by atoms with E-state index in [1.807, 2.05) is 0 Å². The van der Waals surface area contributed by atoms with Crippen molar-refractivity contribution in [2.24, 2.45) is 0 Å². The van der Waals surface area contributed by atoms with Crippen LogP contribution in [0.3, 0.4) is 0 Å².